The van der Waals surface area contributed by atoms with E-state index in [0.29, 0.717) is 0 Å². The molecule has 0 atom stereocenters. The number of hydrogen-bond acceptors (Lipinski definition) is 6. The number of hydrogen-bond donors (Lipinski definition) is 1. The molecule has 2 heterocycles. The highest BCUT2D eigenvalue weighted by atomic mass is 32.1. The number of nitrogens with zero attached hydrogens (tertiary/aromatic N) is 5. The number of anilines is 1. The highest BCUT2D eigenvalue weighted by Crippen LogP contribution is 2.10. The summed E-state index contributed by atoms with van der Waals surface area (Å²) in [6.07, 6.45) is 3.41. The Balaban J connectivity index is 1.82. The minimum Gasteiger partial charge on any atom is -0.360 e. The van der Waals surface area contributed by atoms with Crippen molar-refractivity contribution in [3.8, 4) is 0 Å². The summed E-state index contributed by atoms with van der Waals surface area (Å²) in [6.45, 7) is 2.84. The Labute approximate surface area is 97.9 Å². The van der Waals surface area contributed by atoms with Crippen LogP contribution in [-0.4, -0.2) is 30.7 Å². The van der Waals surface area contributed by atoms with Gasteiger partial charge >= 0.3 is 0 Å². The lowest BCUT2D eigenvalue weighted by Gasteiger charge is -2.01. The highest BCUT2D eigenvalue weighted by Gasteiger charge is 2.03. The fraction of sp³-hybridized carbons (Fsp3) is 0.556. The first kappa shape index (κ1) is 11.0. The molecule has 2 aromatic rings. The maximum atomic E-state index is 4.32. The molecule has 0 aliphatic rings. The second kappa shape index (κ2) is 5.02. The largest absolute Gasteiger partial charge is 0.360 e. The first-order chi connectivity index (χ1) is 7.79. The van der Waals surface area contributed by atoms with Crippen molar-refractivity contribution in [2.45, 2.75) is 19.8 Å². The Morgan fingerprint density at radius 3 is 3.00 bits per heavy atom. The van der Waals surface area contributed by atoms with Crippen LogP contribution in [0.3, 0.4) is 0 Å². The molecule has 7 heteroatoms. The van der Waals surface area contributed by atoms with E-state index in [1.807, 2.05) is 18.5 Å². The Morgan fingerprint density at radius 2 is 2.38 bits per heavy atom. The third-order valence-electron chi connectivity index (χ3n) is 2.21. The standard InChI is InChI=1S/C9H14N6S/c1-3-7-12-9(16-14-7)10-5-4-8-13-11-6-15(8)2/h6H,3-5H2,1-2H3,(H,10,12,14). The van der Waals surface area contributed by atoms with Gasteiger partial charge in [0.1, 0.15) is 18.0 Å². The summed E-state index contributed by atoms with van der Waals surface area (Å²) < 4.78 is 6.12. The summed E-state index contributed by atoms with van der Waals surface area (Å²) >= 11 is 1.40. The molecule has 0 aliphatic carbocycles. The third-order valence-corrected chi connectivity index (χ3v) is 2.92. The molecule has 0 fully saturated rings. The number of nitrogens with one attached hydrogen (secondary N) is 1. The lowest BCUT2D eigenvalue weighted by atomic mass is 10.4. The lowest BCUT2D eigenvalue weighted by molar-refractivity contribution is 0.788. The zero-order valence-corrected chi connectivity index (χ0v) is 10.2. The molecule has 0 aliphatic heterocycles. The summed E-state index contributed by atoms with van der Waals surface area (Å²) in [7, 11) is 1.94. The van der Waals surface area contributed by atoms with Gasteiger partial charge < -0.3 is 9.88 Å². The predicted octanol–water partition coefficient (Wildman–Crippen LogP) is 0.884. The fourth-order valence-electron chi connectivity index (χ4n) is 1.28. The molecule has 6 nitrogen and oxygen atoms in total. The van der Waals surface area contributed by atoms with Gasteiger partial charge in [0.05, 0.1) is 0 Å². The molecule has 0 aromatic carbocycles. The molecule has 2 aromatic heterocycles. The van der Waals surface area contributed by atoms with Crippen LogP contribution in [0.5, 0.6) is 0 Å². The molecule has 0 spiro atoms. The van der Waals surface area contributed by atoms with E-state index in [2.05, 4.69) is 24.9 Å². The van der Waals surface area contributed by atoms with Gasteiger partial charge in [-0.05, 0) is 0 Å². The van der Waals surface area contributed by atoms with E-state index in [1.165, 1.54) is 11.5 Å². The van der Waals surface area contributed by atoms with Crippen molar-refractivity contribution < 1.29 is 0 Å². The van der Waals surface area contributed by atoms with Crippen LogP contribution in [0.25, 0.3) is 0 Å². The summed E-state index contributed by atoms with van der Waals surface area (Å²) in [5.74, 6) is 1.86. The van der Waals surface area contributed by atoms with Crippen molar-refractivity contribution >= 4 is 16.7 Å². The maximum absolute atomic E-state index is 4.32. The second-order valence-electron chi connectivity index (χ2n) is 3.40. The molecular formula is C9H14N6S. The number of aryl methyl sites for hydroxylation is 2. The van der Waals surface area contributed by atoms with Crippen molar-refractivity contribution in [1.82, 2.24) is 24.1 Å². The average molecular weight is 238 g/mol. The molecule has 0 radical (unpaired) electrons. The number of aromatic nitrogens is 5. The molecule has 0 unspecified atom stereocenters. The van der Waals surface area contributed by atoms with Crippen LogP contribution in [0.15, 0.2) is 6.33 Å². The van der Waals surface area contributed by atoms with Crippen molar-refractivity contribution in [2.75, 3.05) is 11.9 Å². The molecule has 0 saturated carbocycles. The maximum Gasteiger partial charge on any atom is 0.202 e. The molecule has 16 heavy (non-hydrogen) atoms. The van der Waals surface area contributed by atoms with E-state index in [4.69, 9.17) is 0 Å². The van der Waals surface area contributed by atoms with E-state index < -0.39 is 0 Å². The van der Waals surface area contributed by atoms with Gasteiger partial charge in [-0.3, -0.25) is 0 Å². The second-order valence-corrected chi connectivity index (χ2v) is 4.16. The molecule has 0 saturated heterocycles. The first-order valence-corrected chi connectivity index (χ1v) is 5.96. The highest BCUT2D eigenvalue weighted by molar-refractivity contribution is 7.09. The normalized spacial score (nSPS) is 10.6. The number of rotatable bonds is 5. The molecule has 86 valence electrons. The molecule has 1 N–H and O–H groups in total. The summed E-state index contributed by atoms with van der Waals surface area (Å²) in [5.41, 5.74) is 0. The predicted molar refractivity (Wildman–Crippen MR) is 62.5 cm³/mol. The molecular weight excluding hydrogens is 224 g/mol. The Bertz CT molecular complexity index is 448. The smallest absolute Gasteiger partial charge is 0.202 e. The van der Waals surface area contributed by atoms with Crippen LogP contribution in [0.2, 0.25) is 0 Å². The first-order valence-electron chi connectivity index (χ1n) is 5.19. The van der Waals surface area contributed by atoms with Crippen LogP contribution in [0, 0.1) is 0 Å². The minimum absolute atomic E-state index is 0.797. The van der Waals surface area contributed by atoms with Gasteiger partial charge in [0, 0.05) is 38.0 Å². The van der Waals surface area contributed by atoms with Gasteiger partial charge in [0.25, 0.3) is 0 Å². The molecule has 2 rings (SSSR count). The molecule has 0 bridgehead atoms. The SMILES string of the molecule is CCc1nsc(NCCc2nncn2C)n1. The fourth-order valence-corrected chi connectivity index (χ4v) is 1.96. The van der Waals surface area contributed by atoms with Gasteiger partial charge in [0.2, 0.25) is 5.13 Å². The van der Waals surface area contributed by atoms with Crippen LogP contribution in [-0.2, 0) is 19.9 Å². The van der Waals surface area contributed by atoms with E-state index in [-0.39, 0.29) is 0 Å². The summed E-state index contributed by atoms with van der Waals surface area (Å²) in [5, 5.41) is 11.9. The van der Waals surface area contributed by atoms with Crippen LogP contribution in [0.4, 0.5) is 5.13 Å². The zero-order valence-electron chi connectivity index (χ0n) is 9.34. The van der Waals surface area contributed by atoms with Gasteiger partial charge in [-0.2, -0.15) is 4.37 Å². The van der Waals surface area contributed by atoms with Crippen LogP contribution >= 0.6 is 11.5 Å². The van der Waals surface area contributed by atoms with E-state index in [9.17, 15) is 0 Å². The van der Waals surface area contributed by atoms with Crippen molar-refractivity contribution in [1.29, 1.82) is 0 Å². The van der Waals surface area contributed by atoms with Crippen molar-refractivity contribution in [2.24, 2.45) is 7.05 Å². The Hall–Kier alpha value is -1.50. The monoisotopic (exact) mass is 238 g/mol. The van der Waals surface area contributed by atoms with Gasteiger partial charge in [-0.25, -0.2) is 4.98 Å². The van der Waals surface area contributed by atoms with Crippen molar-refractivity contribution in [3.63, 3.8) is 0 Å². The van der Waals surface area contributed by atoms with Crippen LogP contribution < -0.4 is 5.32 Å². The van der Waals surface area contributed by atoms with Gasteiger partial charge in [0.15, 0.2) is 0 Å². The Kier molecular flexibility index (Phi) is 3.45. The van der Waals surface area contributed by atoms with E-state index >= 15 is 0 Å². The lowest BCUT2D eigenvalue weighted by Crippen LogP contribution is -2.08. The topological polar surface area (TPSA) is 68.5 Å². The quantitative estimate of drug-likeness (QED) is 0.837. The van der Waals surface area contributed by atoms with E-state index in [1.54, 1.807) is 6.33 Å². The zero-order chi connectivity index (χ0) is 11.4. The average Bonchev–Trinajstić information content (AvgIpc) is 2.89. The van der Waals surface area contributed by atoms with Gasteiger partial charge in [-0.15, -0.1) is 10.2 Å². The van der Waals surface area contributed by atoms with Gasteiger partial charge in [-0.1, -0.05) is 6.92 Å². The third kappa shape index (κ3) is 2.54. The molecule has 0 amide bonds. The van der Waals surface area contributed by atoms with Crippen LogP contribution in [0.1, 0.15) is 18.6 Å². The summed E-state index contributed by atoms with van der Waals surface area (Å²) in [4.78, 5) is 4.32. The van der Waals surface area contributed by atoms with E-state index in [0.717, 1.165) is 36.2 Å². The summed E-state index contributed by atoms with van der Waals surface area (Å²) in [6, 6.07) is 0. The minimum atomic E-state index is 0.797. The Morgan fingerprint density at radius 1 is 1.50 bits per heavy atom. The van der Waals surface area contributed by atoms with Crippen molar-refractivity contribution in [3.05, 3.63) is 18.0 Å².